The van der Waals surface area contributed by atoms with Crippen LogP contribution in [0.1, 0.15) is 5.76 Å². The maximum absolute atomic E-state index is 5.93. The molecule has 3 rings (SSSR count). The third-order valence-electron chi connectivity index (χ3n) is 2.42. The van der Waals surface area contributed by atoms with Gasteiger partial charge >= 0.3 is 0 Å². The van der Waals surface area contributed by atoms with Crippen molar-refractivity contribution in [1.29, 1.82) is 0 Å². The Bertz CT molecular complexity index is 674. The van der Waals surface area contributed by atoms with Gasteiger partial charge in [0.1, 0.15) is 5.76 Å². The van der Waals surface area contributed by atoms with Gasteiger partial charge < -0.3 is 10.2 Å². The maximum atomic E-state index is 5.93. The Balaban J connectivity index is 2.11. The molecule has 0 spiro atoms. The fourth-order valence-electron chi connectivity index (χ4n) is 1.61. The molecule has 0 fully saturated rings. The van der Waals surface area contributed by atoms with Crippen molar-refractivity contribution >= 4 is 33.2 Å². The number of hydrogen-bond donors (Lipinski definition) is 1. The van der Waals surface area contributed by atoms with E-state index in [0.29, 0.717) is 11.6 Å². The van der Waals surface area contributed by atoms with Crippen LogP contribution < -0.4 is 5.73 Å². The lowest BCUT2D eigenvalue weighted by molar-refractivity contribution is 0.525. The first kappa shape index (κ1) is 10.8. The second-order valence-corrected chi connectivity index (χ2v) is 5.07. The number of nitrogens with zero attached hydrogens (tertiary/aromatic N) is 1. The van der Waals surface area contributed by atoms with Crippen molar-refractivity contribution < 1.29 is 4.42 Å². The first-order valence-corrected chi connectivity index (χ1v) is 6.31. The number of fused-ring (bicyclic) bond motifs is 1. The number of nitrogens with two attached hydrogens (primary N) is 1. The van der Waals surface area contributed by atoms with Gasteiger partial charge in [0.05, 0.1) is 16.8 Å². The van der Waals surface area contributed by atoms with E-state index < -0.39 is 0 Å². The molecule has 3 nitrogen and oxygen atoms in total. The van der Waals surface area contributed by atoms with E-state index >= 15 is 0 Å². The molecule has 0 atom stereocenters. The van der Waals surface area contributed by atoms with Crippen LogP contribution in [0.3, 0.4) is 0 Å². The lowest BCUT2D eigenvalue weighted by Crippen LogP contribution is -1.92. The number of halogens is 1. The van der Waals surface area contributed by atoms with Crippen LogP contribution in [0.2, 0.25) is 5.02 Å². The molecular weight excluding hydrogens is 256 g/mol. The maximum Gasteiger partial charge on any atom is 0.163 e. The van der Waals surface area contributed by atoms with Crippen LogP contribution >= 0.6 is 22.9 Å². The molecule has 0 aliphatic heterocycles. The second-order valence-electron chi connectivity index (χ2n) is 3.60. The van der Waals surface area contributed by atoms with Crippen LogP contribution in [-0.4, -0.2) is 4.98 Å². The normalized spacial score (nSPS) is 11.2. The Morgan fingerprint density at radius 3 is 2.94 bits per heavy atom. The number of rotatable bonds is 2. The van der Waals surface area contributed by atoms with Gasteiger partial charge in [-0.1, -0.05) is 11.6 Å². The van der Waals surface area contributed by atoms with E-state index in [2.05, 4.69) is 4.98 Å². The summed E-state index contributed by atoms with van der Waals surface area (Å²) < 4.78 is 6.66. The van der Waals surface area contributed by atoms with Gasteiger partial charge in [-0.2, -0.15) is 0 Å². The number of furan rings is 1. The highest BCUT2D eigenvalue weighted by Crippen LogP contribution is 2.32. The van der Waals surface area contributed by atoms with Gasteiger partial charge in [-0.15, -0.1) is 11.3 Å². The van der Waals surface area contributed by atoms with Gasteiger partial charge in [0.25, 0.3) is 0 Å². The van der Waals surface area contributed by atoms with E-state index in [0.717, 1.165) is 26.7 Å². The zero-order valence-electron chi connectivity index (χ0n) is 8.81. The molecule has 0 unspecified atom stereocenters. The van der Waals surface area contributed by atoms with Crippen molar-refractivity contribution in [3.05, 3.63) is 41.1 Å². The third-order valence-corrected chi connectivity index (χ3v) is 3.71. The fourth-order valence-corrected chi connectivity index (χ4v) is 2.68. The molecule has 0 bridgehead atoms. The van der Waals surface area contributed by atoms with E-state index in [1.807, 2.05) is 30.3 Å². The van der Waals surface area contributed by atoms with Gasteiger partial charge in [-0.05, 0) is 30.3 Å². The first-order chi connectivity index (χ1) is 8.26. The minimum absolute atomic E-state index is 0.400. The van der Waals surface area contributed by atoms with E-state index in [4.69, 9.17) is 21.8 Å². The summed E-state index contributed by atoms with van der Waals surface area (Å²) in [6.07, 6.45) is 0. The second kappa shape index (κ2) is 4.14. The largest absolute Gasteiger partial charge is 0.457 e. The Hall–Kier alpha value is -1.36. The van der Waals surface area contributed by atoms with E-state index in [1.165, 1.54) is 0 Å². The zero-order valence-corrected chi connectivity index (χ0v) is 10.4. The number of hydrogen-bond acceptors (Lipinski definition) is 4. The predicted molar refractivity (Wildman–Crippen MR) is 70.2 cm³/mol. The lowest BCUT2D eigenvalue weighted by atomic mass is 10.3. The van der Waals surface area contributed by atoms with Crippen LogP contribution in [0.4, 0.5) is 0 Å². The summed E-state index contributed by atoms with van der Waals surface area (Å²) in [7, 11) is 0. The third kappa shape index (κ3) is 1.95. The Morgan fingerprint density at radius 1 is 1.29 bits per heavy atom. The van der Waals surface area contributed by atoms with Gasteiger partial charge in [0.15, 0.2) is 10.8 Å². The fraction of sp³-hybridized carbons (Fsp3) is 0.0833. The molecule has 0 saturated heterocycles. The Labute approximate surface area is 107 Å². The lowest BCUT2D eigenvalue weighted by Gasteiger charge is -1.88. The van der Waals surface area contributed by atoms with E-state index in [-0.39, 0.29) is 0 Å². The molecule has 2 aromatic heterocycles. The van der Waals surface area contributed by atoms with Gasteiger partial charge in [-0.3, -0.25) is 0 Å². The number of aromatic nitrogens is 1. The van der Waals surface area contributed by atoms with E-state index in [1.54, 1.807) is 11.3 Å². The molecule has 2 N–H and O–H groups in total. The van der Waals surface area contributed by atoms with Crippen LogP contribution in [-0.2, 0) is 6.54 Å². The summed E-state index contributed by atoms with van der Waals surface area (Å²) >= 11 is 7.50. The average molecular weight is 265 g/mol. The number of thiazole rings is 1. The van der Waals surface area contributed by atoms with Crippen molar-refractivity contribution in [2.24, 2.45) is 5.73 Å². The zero-order chi connectivity index (χ0) is 11.8. The quantitative estimate of drug-likeness (QED) is 0.768. The molecule has 1 aromatic carbocycles. The predicted octanol–water partition coefficient (Wildman–Crippen LogP) is 3.67. The first-order valence-electron chi connectivity index (χ1n) is 5.11. The van der Waals surface area contributed by atoms with Crippen LogP contribution in [0.5, 0.6) is 0 Å². The molecule has 3 aromatic rings. The SMILES string of the molecule is NCc1ccc(-c2nc3cc(Cl)ccc3s2)o1. The average Bonchev–Trinajstić information content (AvgIpc) is 2.93. The van der Waals surface area contributed by atoms with Crippen molar-refractivity contribution in [3.8, 4) is 10.8 Å². The highest BCUT2D eigenvalue weighted by Gasteiger charge is 2.10. The van der Waals surface area contributed by atoms with Crippen molar-refractivity contribution in [2.45, 2.75) is 6.54 Å². The van der Waals surface area contributed by atoms with Crippen LogP contribution in [0.25, 0.3) is 21.0 Å². The molecule has 0 aliphatic carbocycles. The highest BCUT2D eigenvalue weighted by molar-refractivity contribution is 7.21. The monoisotopic (exact) mass is 264 g/mol. The minimum atomic E-state index is 0.400. The molecule has 0 aliphatic rings. The smallest absolute Gasteiger partial charge is 0.163 e. The molecular formula is C12H9ClN2OS. The summed E-state index contributed by atoms with van der Waals surface area (Å²) in [5.74, 6) is 1.51. The summed E-state index contributed by atoms with van der Waals surface area (Å²) in [4.78, 5) is 4.49. The topological polar surface area (TPSA) is 52.0 Å². The summed E-state index contributed by atoms with van der Waals surface area (Å²) in [6, 6.07) is 9.43. The number of benzene rings is 1. The highest BCUT2D eigenvalue weighted by atomic mass is 35.5. The summed E-state index contributed by atoms with van der Waals surface area (Å²) in [6.45, 7) is 0.400. The molecule has 0 saturated carbocycles. The molecule has 17 heavy (non-hydrogen) atoms. The minimum Gasteiger partial charge on any atom is -0.457 e. The molecule has 2 heterocycles. The van der Waals surface area contributed by atoms with Crippen molar-refractivity contribution in [2.75, 3.05) is 0 Å². The summed E-state index contributed by atoms with van der Waals surface area (Å²) in [5, 5.41) is 1.54. The summed E-state index contributed by atoms with van der Waals surface area (Å²) in [5.41, 5.74) is 6.40. The van der Waals surface area contributed by atoms with Crippen LogP contribution in [0.15, 0.2) is 34.7 Å². The molecule has 5 heteroatoms. The van der Waals surface area contributed by atoms with Crippen LogP contribution in [0, 0.1) is 0 Å². The van der Waals surface area contributed by atoms with Crippen molar-refractivity contribution in [3.63, 3.8) is 0 Å². The molecule has 0 radical (unpaired) electrons. The Kier molecular flexibility index (Phi) is 2.63. The van der Waals surface area contributed by atoms with E-state index in [9.17, 15) is 0 Å². The molecule has 0 amide bonds. The van der Waals surface area contributed by atoms with Gasteiger partial charge in [0, 0.05) is 5.02 Å². The van der Waals surface area contributed by atoms with Crippen molar-refractivity contribution in [1.82, 2.24) is 4.98 Å². The molecule has 86 valence electrons. The van der Waals surface area contributed by atoms with Gasteiger partial charge in [-0.25, -0.2) is 4.98 Å². The standard InChI is InChI=1S/C12H9ClN2OS/c13-7-1-4-11-9(5-7)15-12(17-11)10-3-2-8(6-14)16-10/h1-5H,6,14H2. The van der Waals surface area contributed by atoms with Gasteiger partial charge in [0.2, 0.25) is 0 Å². The Morgan fingerprint density at radius 2 is 2.18 bits per heavy atom.